The second-order valence-electron chi connectivity index (χ2n) is 5.82. The lowest BCUT2D eigenvalue weighted by Gasteiger charge is -2.26. The minimum atomic E-state index is -0.144. The molecule has 2 amide bonds. The molecule has 0 fully saturated rings. The number of amides is 2. The summed E-state index contributed by atoms with van der Waals surface area (Å²) in [5.74, 6) is 0.790. The van der Waals surface area contributed by atoms with E-state index in [1.54, 1.807) is 7.11 Å². The van der Waals surface area contributed by atoms with E-state index in [2.05, 4.69) is 27.0 Å². The summed E-state index contributed by atoms with van der Waals surface area (Å²) >= 11 is 1.85. The van der Waals surface area contributed by atoms with Gasteiger partial charge in [0.15, 0.2) is 0 Å². The number of benzene rings is 1. The van der Waals surface area contributed by atoms with Gasteiger partial charge in [0, 0.05) is 43.2 Å². The molecular weight excluding hydrogens is 322 g/mol. The van der Waals surface area contributed by atoms with Gasteiger partial charge in [0.2, 0.25) is 0 Å². The molecule has 128 valence electrons. The third-order valence-electron chi connectivity index (χ3n) is 4.23. The van der Waals surface area contributed by atoms with E-state index in [0.29, 0.717) is 13.1 Å². The first-order valence-corrected chi connectivity index (χ1v) is 9.05. The largest absolute Gasteiger partial charge is 0.496 e. The molecule has 24 heavy (non-hydrogen) atoms. The van der Waals surface area contributed by atoms with Crippen LogP contribution in [0.25, 0.3) is 0 Å². The van der Waals surface area contributed by atoms with Crippen molar-refractivity contribution in [2.75, 3.05) is 26.7 Å². The Bertz CT molecular complexity index is 686. The van der Waals surface area contributed by atoms with Gasteiger partial charge >= 0.3 is 6.03 Å². The van der Waals surface area contributed by atoms with E-state index in [0.717, 1.165) is 37.4 Å². The average Bonchev–Trinajstić information content (AvgIpc) is 3.08. The third-order valence-corrected chi connectivity index (χ3v) is 5.26. The second-order valence-corrected chi connectivity index (χ2v) is 6.82. The predicted molar refractivity (Wildman–Crippen MR) is 96.5 cm³/mol. The van der Waals surface area contributed by atoms with Gasteiger partial charge in [-0.05, 0) is 29.5 Å². The van der Waals surface area contributed by atoms with Crippen LogP contribution < -0.4 is 15.4 Å². The maximum atomic E-state index is 11.9. The van der Waals surface area contributed by atoms with Crippen LogP contribution in [0.1, 0.15) is 16.0 Å². The Morgan fingerprint density at radius 1 is 1.29 bits per heavy atom. The van der Waals surface area contributed by atoms with Crippen molar-refractivity contribution in [3.05, 3.63) is 51.7 Å². The number of hydrogen-bond donors (Lipinski definition) is 2. The molecule has 6 heteroatoms. The smallest absolute Gasteiger partial charge is 0.315 e. The number of fused-ring (bicyclic) bond motifs is 1. The first kappa shape index (κ1) is 16.8. The molecule has 1 aliphatic heterocycles. The summed E-state index contributed by atoms with van der Waals surface area (Å²) in [5, 5.41) is 7.97. The SMILES string of the molecule is COc1ccccc1CNC(=O)NCCN1CCc2sccc2C1. The Balaban J connectivity index is 1.37. The lowest BCUT2D eigenvalue weighted by atomic mass is 10.1. The van der Waals surface area contributed by atoms with E-state index in [1.165, 1.54) is 10.4 Å². The standard InChI is InChI=1S/C18H23N3O2S/c1-23-16-5-3-2-4-14(16)12-20-18(22)19-8-10-21-9-6-17-15(13-21)7-11-24-17/h2-5,7,11H,6,8-10,12-13H2,1H3,(H2,19,20,22). The third kappa shape index (κ3) is 4.27. The van der Waals surface area contributed by atoms with Gasteiger partial charge in [-0.1, -0.05) is 18.2 Å². The zero-order valence-corrected chi connectivity index (χ0v) is 14.7. The number of thiophene rings is 1. The minimum absolute atomic E-state index is 0.144. The molecule has 0 spiro atoms. The molecule has 1 aliphatic rings. The predicted octanol–water partition coefficient (Wildman–Crippen LogP) is 2.61. The lowest BCUT2D eigenvalue weighted by Crippen LogP contribution is -2.41. The van der Waals surface area contributed by atoms with Crippen molar-refractivity contribution >= 4 is 17.4 Å². The molecule has 0 unspecified atom stereocenters. The van der Waals surface area contributed by atoms with Crippen molar-refractivity contribution < 1.29 is 9.53 Å². The van der Waals surface area contributed by atoms with Crippen LogP contribution in [0.5, 0.6) is 5.75 Å². The molecule has 0 saturated carbocycles. The number of urea groups is 1. The molecule has 1 aromatic carbocycles. The van der Waals surface area contributed by atoms with E-state index < -0.39 is 0 Å². The summed E-state index contributed by atoms with van der Waals surface area (Å²) in [7, 11) is 1.64. The number of nitrogens with zero attached hydrogens (tertiary/aromatic N) is 1. The number of carbonyl (C=O) groups excluding carboxylic acids is 1. The van der Waals surface area contributed by atoms with E-state index in [9.17, 15) is 4.79 Å². The first-order chi connectivity index (χ1) is 11.8. The highest BCUT2D eigenvalue weighted by atomic mass is 32.1. The van der Waals surface area contributed by atoms with Crippen LogP contribution in [0.2, 0.25) is 0 Å². The van der Waals surface area contributed by atoms with Crippen molar-refractivity contribution in [3.63, 3.8) is 0 Å². The Labute approximate surface area is 146 Å². The van der Waals surface area contributed by atoms with E-state index in [1.807, 2.05) is 35.6 Å². The Hall–Kier alpha value is -2.05. The number of nitrogens with one attached hydrogen (secondary N) is 2. The zero-order chi connectivity index (χ0) is 16.8. The van der Waals surface area contributed by atoms with Crippen LogP contribution in [0.15, 0.2) is 35.7 Å². The number of ether oxygens (including phenoxy) is 1. The van der Waals surface area contributed by atoms with Crippen molar-refractivity contribution in [3.8, 4) is 5.75 Å². The fraction of sp³-hybridized carbons (Fsp3) is 0.389. The molecule has 0 radical (unpaired) electrons. The number of hydrogen-bond acceptors (Lipinski definition) is 4. The molecular formula is C18H23N3O2S. The van der Waals surface area contributed by atoms with Crippen LogP contribution >= 0.6 is 11.3 Å². The van der Waals surface area contributed by atoms with Gasteiger partial charge in [0.05, 0.1) is 7.11 Å². The molecule has 0 bridgehead atoms. The van der Waals surface area contributed by atoms with Crippen molar-refractivity contribution in [2.24, 2.45) is 0 Å². The van der Waals surface area contributed by atoms with Crippen LogP contribution in [0.4, 0.5) is 4.79 Å². The van der Waals surface area contributed by atoms with Crippen LogP contribution in [0, 0.1) is 0 Å². The van der Waals surface area contributed by atoms with Crippen LogP contribution in [-0.4, -0.2) is 37.7 Å². The van der Waals surface area contributed by atoms with Crippen LogP contribution in [-0.2, 0) is 19.5 Å². The molecule has 2 aromatic rings. The minimum Gasteiger partial charge on any atom is -0.496 e. The molecule has 5 nitrogen and oxygen atoms in total. The molecule has 0 atom stereocenters. The van der Waals surface area contributed by atoms with Gasteiger partial charge < -0.3 is 15.4 Å². The maximum Gasteiger partial charge on any atom is 0.315 e. The zero-order valence-electron chi connectivity index (χ0n) is 13.9. The molecule has 0 aliphatic carbocycles. The van der Waals surface area contributed by atoms with Crippen molar-refractivity contribution in [1.82, 2.24) is 15.5 Å². The van der Waals surface area contributed by atoms with Crippen molar-refractivity contribution in [2.45, 2.75) is 19.5 Å². The van der Waals surface area contributed by atoms with Gasteiger partial charge in [0.25, 0.3) is 0 Å². The summed E-state index contributed by atoms with van der Waals surface area (Å²) in [5.41, 5.74) is 2.41. The fourth-order valence-electron chi connectivity index (χ4n) is 2.91. The summed E-state index contributed by atoms with van der Waals surface area (Å²) in [6.45, 7) is 4.04. The van der Waals surface area contributed by atoms with Gasteiger partial charge in [-0.25, -0.2) is 4.79 Å². The monoisotopic (exact) mass is 345 g/mol. The Morgan fingerprint density at radius 2 is 2.17 bits per heavy atom. The van der Waals surface area contributed by atoms with Crippen molar-refractivity contribution in [1.29, 1.82) is 0 Å². The number of methoxy groups -OCH3 is 1. The molecule has 0 saturated heterocycles. The van der Waals surface area contributed by atoms with Crippen LogP contribution in [0.3, 0.4) is 0 Å². The highest BCUT2D eigenvalue weighted by Gasteiger charge is 2.16. The molecule has 2 N–H and O–H groups in total. The number of carbonyl (C=O) groups is 1. The highest BCUT2D eigenvalue weighted by Crippen LogP contribution is 2.23. The maximum absolute atomic E-state index is 11.9. The van der Waals surface area contributed by atoms with E-state index in [4.69, 9.17) is 4.74 Å². The fourth-order valence-corrected chi connectivity index (χ4v) is 3.80. The van der Waals surface area contributed by atoms with E-state index in [-0.39, 0.29) is 6.03 Å². The molecule has 2 heterocycles. The highest BCUT2D eigenvalue weighted by molar-refractivity contribution is 7.10. The van der Waals surface area contributed by atoms with Gasteiger partial charge in [-0.15, -0.1) is 11.3 Å². The summed E-state index contributed by atoms with van der Waals surface area (Å²) in [6, 6.07) is 9.76. The van der Waals surface area contributed by atoms with E-state index >= 15 is 0 Å². The summed E-state index contributed by atoms with van der Waals surface area (Å²) in [4.78, 5) is 15.8. The topological polar surface area (TPSA) is 53.6 Å². The van der Waals surface area contributed by atoms with Gasteiger partial charge in [0.1, 0.15) is 5.75 Å². The quantitative estimate of drug-likeness (QED) is 0.846. The molecule has 3 rings (SSSR count). The average molecular weight is 345 g/mol. The normalized spacial score (nSPS) is 14.0. The van der Waals surface area contributed by atoms with Gasteiger partial charge in [-0.3, -0.25) is 4.90 Å². The summed E-state index contributed by atoms with van der Waals surface area (Å²) in [6.07, 6.45) is 1.12. The summed E-state index contributed by atoms with van der Waals surface area (Å²) < 4.78 is 5.28. The number of para-hydroxylation sites is 1. The molecule has 1 aromatic heterocycles. The second kappa shape index (κ2) is 8.17. The first-order valence-electron chi connectivity index (χ1n) is 8.17. The Morgan fingerprint density at radius 3 is 3.04 bits per heavy atom. The number of rotatable bonds is 6. The lowest BCUT2D eigenvalue weighted by molar-refractivity contribution is 0.231. The van der Waals surface area contributed by atoms with Gasteiger partial charge in [-0.2, -0.15) is 0 Å². The Kier molecular flexibility index (Phi) is 5.72.